The van der Waals surface area contributed by atoms with Gasteiger partial charge in [0.05, 0.1) is 16.6 Å². The molecule has 0 saturated heterocycles. The summed E-state index contributed by atoms with van der Waals surface area (Å²) in [6.45, 7) is 5.54. The molecule has 0 spiro atoms. The SMILES string of the molecule is CC(C)(C)[C@H](N)C(=O)Nc1ccccc1S(C)(=O)=O. The van der Waals surface area contributed by atoms with E-state index in [9.17, 15) is 13.2 Å². The van der Waals surface area contributed by atoms with Crippen molar-refractivity contribution < 1.29 is 13.2 Å². The van der Waals surface area contributed by atoms with Gasteiger partial charge in [0.15, 0.2) is 9.84 Å². The number of hydrogen-bond donors (Lipinski definition) is 2. The Morgan fingerprint density at radius 2 is 1.79 bits per heavy atom. The van der Waals surface area contributed by atoms with Crippen LogP contribution in [0.3, 0.4) is 0 Å². The van der Waals surface area contributed by atoms with Crippen LogP contribution in [0.2, 0.25) is 0 Å². The fourth-order valence-electron chi connectivity index (χ4n) is 1.50. The Balaban J connectivity index is 3.05. The maximum absolute atomic E-state index is 12.0. The zero-order valence-electron chi connectivity index (χ0n) is 11.6. The Bertz CT molecular complexity index is 574. The van der Waals surface area contributed by atoms with Crippen molar-refractivity contribution in [1.82, 2.24) is 0 Å². The van der Waals surface area contributed by atoms with Gasteiger partial charge in [-0.3, -0.25) is 4.79 Å². The van der Waals surface area contributed by atoms with E-state index in [-0.39, 0.29) is 10.6 Å². The Morgan fingerprint density at radius 3 is 2.26 bits per heavy atom. The lowest BCUT2D eigenvalue weighted by atomic mass is 9.87. The third-order valence-electron chi connectivity index (χ3n) is 2.76. The summed E-state index contributed by atoms with van der Waals surface area (Å²) in [5.74, 6) is -0.399. The van der Waals surface area contributed by atoms with Gasteiger partial charge in [0.25, 0.3) is 0 Å². The second-order valence-electron chi connectivity index (χ2n) is 5.60. The Hall–Kier alpha value is -1.40. The number of nitrogens with one attached hydrogen (secondary N) is 1. The van der Waals surface area contributed by atoms with Crippen LogP contribution in [0.25, 0.3) is 0 Å². The molecule has 0 fully saturated rings. The first-order valence-corrected chi connectivity index (χ1v) is 7.78. The van der Waals surface area contributed by atoms with Gasteiger partial charge >= 0.3 is 0 Å². The summed E-state index contributed by atoms with van der Waals surface area (Å²) >= 11 is 0. The van der Waals surface area contributed by atoms with Crippen molar-refractivity contribution >= 4 is 21.4 Å². The molecule has 0 heterocycles. The molecule has 0 aliphatic carbocycles. The molecule has 3 N–H and O–H groups in total. The molecule has 106 valence electrons. The van der Waals surface area contributed by atoms with E-state index in [1.165, 1.54) is 6.07 Å². The van der Waals surface area contributed by atoms with Crippen molar-refractivity contribution in [1.29, 1.82) is 0 Å². The van der Waals surface area contributed by atoms with E-state index in [1.54, 1.807) is 18.2 Å². The van der Waals surface area contributed by atoms with E-state index in [2.05, 4.69) is 5.32 Å². The molecule has 0 aliphatic rings. The average molecular weight is 284 g/mol. The fourth-order valence-corrected chi connectivity index (χ4v) is 2.34. The van der Waals surface area contributed by atoms with E-state index in [4.69, 9.17) is 5.73 Å². The lowest BCUT2D eigenvalue weighted by Crippen LogP contribution is -2.45. The molecular weight excluding hydrogens is 264 g/mol. The van der Waals surface area contributed by atoms with Crippen LogP contribution in [0.15, 0.2) is 29.2 Å². The number of carbonyl (C=O) groups is 1. The van der Waals surface area contributed by atoms with Gasteiger partial charge in [-0.05, 0) is 17.5 Å². The van der Waals surface area contributed by atoms with Crippen LogP contribution in [0, 0.1) is 5.41 Å². The van der Waals surface area contributed by atoms with E-state index < -0.39 is 27.2 Å². The van der Waals surface area contributed by atoms with Crippen LogP contribution in [-0.2, 0) is 14.6 Å². The Labute approximate surface area is 114 Å². The predicted octanol–water partition coefficient (Wildman–Crippen LogP) is 1.40. The van der Waals surface area contributed by atoms with Crippen LogP contribution in [0.4, 0.5) is 5.69 Å². The summed E-state index contributed by atoms with van der Waals surface area (Å²) in [7, 11) is -3.40. The second kappa shape index (κ2) is 5.30. The first-order valence-electron chi connectivity index (χ1n) is 5.89. The molecular formula is C13H20N2O3S. The predicted molar refractivity (Wildman–Crippen MR) is 75.6 cm³/mol. The number of nitrogens with two attached hydrogens (primary N) is 1. The molecule has 19 heavy (non-hydrogen) atoms. The fraction of sp³-hybridized carbons (Fsp3) is 0.462. The highest BCUT2D eigenvalue weighted by Gasteiger charge is 2.28. The lowest BCUT2D eigenvalue weighted by Gasteiger charge is -2.26. The van der Waals surface area contributed by atoms with Gasteiger partial charge in [0, 0.05) is 6.26 Å². The van der Waals surface area contributed by atoms with Crippen molar-refractivity contribution in [3.8, 4) is 0 Å². The molecule has 5 nitrogen and oxygen atoms in total. The second-order valence-corrected chi connectivity index (χ2v) is 7.59. The summed E-state index contributed by atoms with van der Waals surface area (Å²) in [5.41, 5.74) is 5.70. The summed E-state index contributed by atoms with van der Waals surface area (Å²) < 4.78 is 23.2. The molecule has 1 atom stereocenters. The molecule has 6 heteroatoms. The zero-order valence-corrected chi connectivity index (χ0v) is 12.4. The first-order chi connectivity index (χ1) is 8.53. The van der Waals surface area contributed by atoms with Gasteiger partial charge in [-0.1, -0.05) is 32.9 Å². The van der Waals surface area contributed by atoms with Crippen molar-refractivity contribution in [3.05, 3.63) is 24.3 Å². The van der Waals surface area contributed by atoms with Crippen LogP contribution in [-0.4, -0.2) is 26.6 Å². The number of amides is 1. The molecule has 1 aromatic rings. The van der Waals surface area contributed by atoms with Crippen LogP contribution in [0.1, 0.15) is 20.8 Å². The third kappa shape index (κ3) is 4.04. The Kier molecular flexibility index (Phi) is 4.37. The minimum atomic E-state index is -3.40. The number of carbonyl (C=O) groups excluding carboxylic acids is 1. The van der Waals surface area contributed by atoms with Gasteiger partial charge in [-0.15, -0.1) is 0 Å². The highest BCUT2D eigenvalue weighted by atomic mass is 32.2. The summed E-state index contributed by atoms with van der Waals surface area (Å²) in [6.07, 6.45) is 1.10. The van der Waals surface area contributed by atoms with Crippen molar-refractivity contribution in [2.24, 2.45) is 11.1 Å². The van der Waals surface area contributed by atoms with Gasteiger partial charge in [0.2, 0.25) is 5.91 Å². The van der Waals surface area contributed by atoms with Gasteiger partial charge in [-0.25, -0.2) is 8.42 Å². The van der Waals surface area contributed by atoms with Crippen LogP contribution in [0.5, 0.6) is 0 Å². The maximum Gasteiger partial charge on any atom is 0.241 e. The Morgan fingerprint density at radius 1 is 1.26 bits per heavy atom. The molecule has 1 amide bonds. The first kappa shape index (κ1) is 15.7. The zero-order chi connectivity index (χ0) is 14.8. The highest BCUT2D eigenvalue weighted by Crippen LogP contribution is 2.23. The quantitative estimate of drug-likeness (QED) is 0.878. The molecule has 0 bridgehead atoms. The lowest BCUT2D eigenvalue weighted by molar-refractivity contribution is -0.119. The maximum atomic E-state index is 12.0. The summed E-state index contributed by atoms with van der Waals surface area (Å²) in [6, 6.07) is 5.54. The minimum Gasteiger partial charge on any atom is -0.324 e. The van der Waals surface area contributed by atoms with E-state index >= 15 is 0 Å². The van der Waals surface area contributed by atoms with Crippen LogP contribution >= 0.6 is 0 Å². The number of benzene rings is 1. The topological polar surface area (TPSA) is 89.3 Å². The van der Waals surface area contributed by atoms with Gasteiger partial charge in [0.1, 0.15) is 0 Å². The normalized spacial score (nSPS) is 13.9. The van der Waals surface area contributed by atoms with E-state index in [1.807, 2.05) is 20.8 Å². The monoisotopic (exact) mass is 284 g/mol. The number of rotatable bonds is 3. The standard InChI is InChI=1S/C13H20N2O3S/c1-13(2,3)11(14)12(16)15-9-7-5-6-8-10(9)19(4,17)18/h5-8,11H,14H2,1-4H3,(H,15,16)/t11-/m1/s1. The average Bonchev–Trinajstić information content (AvgIpc) is 2.26. The molecule has 0 unspecified atom stereocenters. The molecule has 1 aromatic carbocycles. The number of anilines is 1. The summed E-state index contributed by atoms with van der Waals surface area (Å²) in [5, 5.41) is 2.58. The minimum absolute atomic E-state index is 0.0875. The smallest absolute Gasteiger partial charge is 0.241 e. The third-order valence-corrected chi connectivity index (χ3v) is 3.91. The number of para-hydroxylation sites is 1. The largest absolute Gasteiger partial charge is 0.324 e. The van der Waals surface area contributed by atoms with Gasteiger partial charge < -0.3 is 11.1 Å². The molecule has 0 saturated carbocycles. The molecule has 1 rings (SSSR count). The van der Waals surface area contributed by atoms with Crippen molar-refractivity contribution in [3.63, 3.8) is 0 Å². The highest BCUT2D eigenvalue weighted by molar-refractivity contribution is 7.90. The number of hydrogen-bond acceptors (Lipinski definition) is 4. The molecule has 0 aromatic heterocycles. The van der Waals surface area contributed by atoms with Gasteiger partial charge in [-0.2, -0.15) is 0 Å². The van der Waals surface area contributed by atoms with E-state index in [0.717, 1.165) is 6.26 Å². The molecule has 0 aliphatic heterocycles. The van der Waals surface area contributed by atoms with Crippen LogP contribution < -0.4 is 11.1 Å². The summed E-state index contributed by atoms with van der Waals surface area (Å²) in [4.78, 5) is 12.1. The van der Waals surface area contributed by atoms with E-state index in [0.29, 0.717) is 0 Å². The molecule has 0 radical (unpaired) electrons. The van der Waals surface area contributed by atoms with Crippen molar-refractivity contribution in [2.45, 2.75) is 31.7 Å². The van der Waals surface area contributed by atoms with Crippen molar-refractivity contribution in [2.75, 3.05) is 11.6 Å². The number of sulfone groups is 1.